The number of carbonyl (C=O) groups excluding carboxylic acids is 1. The van der Waals surface area contributed by atoms with Gasteiger partial charge in [-0.15, -0.1) is 0 Å². The molecule has 4 rings (SSSR count). The van der Waals surface area contributed by atoms with Crippen molar-refractivity contribution in [3.63, 3.8) is 0 Å². The van der Waals surface area contributed by atoms with Crippen LogP contribution < -0.4 is 10.9 Å². The standard InChI is InChI=1S/C24H26N6O2/c1-18-22(23(31)30(27(18)2)21-6-4-3-5-7-21)26-24(32)29-14-12-28(13-15-29)17-20-10-8-19(16-25)9-11-20/h3-11H,12-15,17H2,1-2H3,(H,26,32). The normalized spacial score (nSPS) is 14.2. The summed E-state index contributed by atoms with van der Waals surface area (Å²) in [6.45, 7) is 5.26. The van der Waals surface area contributed by atoms with Crippen LogP contribution in [0.5, 0.6) is 0 Å². The molecule has 0 atom stereocenters. The molecular weight excluding hydrogens is 404 g/mol. The molecular formula is C24H26N6O2. The molecule has 8 nitrogen and oxygen atoms in total. The summed E-state index contributed by atoms with van der Waals surface area (Å²) in [5.41, 5.74) is 3.30. The molecule has 1 saturated heterocycles. The van der Waals surface area contributed by atoms with E-state index in [2.05, 4.69) is 16.3 Å². The minimum Gasteiger partial charge on any atom is -0.322 e. The minimum atomic E-state index is -0.256. The molecule has 3 aromatic rings. The Morgan fingerprint density at radius 1 is 1.03 bits per heavy atom. The fraction of sp³-hybridized carbons (Fsp3) is 0.292. The maximum atomic E-state index is 13.0. The van der Waals surface area contributed by atoms with Gasteiger partial charge in [0.2, 0.25) is 0 Å². The van der Waals surface area contributed by atoms with E-state index in [1.165, 1.54) is 0 Å². The highest BCUT2D eigenvalue weighted by atomic mass is 16.2. The SMILES string of the molecule is Cc1c(NC(=O)N2CCN(Cc3ccc(C#N)cc3)CC2)c(=O)n(-c2ccccc2)n1C. The summed E-state index contributed by atoms with van der Waals surface area (Å²) in [5, 5.41) is 11.8. The van der Waals surface area contributed by atoms with E-state index in [4.69, 9.17) is 5.26 Å². The molecule has 1 aliphatic rings. The van der Waals surface area contributed by atoms with Crippen LogP contribution in [0.1, 0.15) is 16.8 Å². The van der Waals surface area contributed by atoms with Crippen molar-refractivity contribution in [3.8, 4) is 11.8 Å². The topological polar surface area (TPSA) is 86.3 Å². The van der Waals surface area contributed by atoms with Gasteiger partial charge in [0.15, 0.2) is 0 Å². The first-order valence-electron chi connectivity index (χ1n) is 10.6. The number of anilines is 1. The summed E-state index contributed by atoms with van der Waals surface area (Å²) < 4.78 is 3.31. The Bertz CT molecular complexity index is 1200. The van der Waals surface area contributed by atoms with Crippen molar-refractivity contribution in [2.24, 2.45) is 7.05 Å². The minimum absolute atomic E-state index is 0.246. The van der Waals surface area contributed by atoms with Crippen LogP contribution in [0.2, 0.25) is 0 Å². The van der Waals surface area contributed by atoms with Crippen molar-refractivity contribution >= 4 is 11.7 Å². The van der Waals surface area contributed by atoms with Gasteiger partial charge in [-0.3, -0.25) is 14.4 Å². The molecule has 0 radical (unpaired) electrons. The number of nitrogens with zero attached hydrogens (tertiary/aromatic N) is 5. The largest absolute Gasteiger partial charge is 0.322 e. The van der Waals surface area contributed by atoms with Gasteiger partial charge >= 0.3 is 6.03 Å². The van der Waals surface area contributed by atoms with Gasteiger partial charge in [0, 0.05) is 39.8 Å². The molecule has 2 aromatic carbocycles. The average Bonchev–Trinajstić information content (AvgIpc) is 3.03. The lowest BCUT2D eigenvalue weighted by molar-refractivity contribution is 0.143. The highest BCUT2D eigenvalue weighted by Gasteiger charge is 2.24. The lowest BCUT2D eigenvalue weighted by atomic mass is 10.1. The number of piperazine rings is 1. The molecule has 0 spiro atoms. The first kappa shape index (κ1) is 21.4. The molecule has 1 N–H and O–H groups in total. The summed E-state index contributed by atoms with van der Waals surface area (Å²) in [5.74, 6) is 0. The van der Waals surface area contributed by atoms with Gasteiger partial charge < -0.3 is 10.2 Å². The number of amides is 2. The third-order valence-electron chi connectivity index (χ3n) is 5.93. The van der Waals surface area contributed by atoms with Gasteiger partial charge in [0.05, 0.1) is 23.0 Å². The van der Waals surface area contributed by atoms with E-state index in [0.717, 1.165) is 30.9 Å². The van der Waals surface area contributed by atoms with E-state index in [-0.39, 0.29) is 11.6 Å². The number of hydrogen-bond acceptors (Lipinski definition) is 4. The fourth-order valence-corrected chi connectivity index (χ4v) is 3.95. The quantitative estimate of drug-likeness (QED) is 0.690. The third-order valence-corrected chi connectivity index (χ3v) is 5.93. The van der Waals surface area contributed by atoms with Crippen LogP contribution in [0.3, 0.4) is 0 Å². The van der Waals surface area contributed by atoms with E-state index >= 15 is 0 Å². The summed E-state index contributed by atoms with van der Waals surface area (Å²) in [4.78, 5) is 29.9. The second kappa shape index (κ2) is 9.12. The van der Waals surface area contributed by atoms with E-state index < -0.39 is 0 Å². The molecule has 2 heterocycles. The molecule has 8 heteroatoms. The average molecular weight is 431 g/mol. The maximum Gasteiger partial charge on any atom is 0.322 e. The zero-order valence-corrected chi connectivity index (χ0v) is 18.3. The molecule has 0 saturated carbocycles. The lowest BCUT2D eigenvalue weighted by Crippen LogP contribution is -2.49. The van der Waals surface area contributed by atoms with Crippen molar-refractivity contribution in [3.05, 3.63) is 81.8 Å². The Morgan fingerprint density at radius 3 is 2.31 bits per heavy atom. The van der Waals surface area contributed by atoms with Gasteiger partial charge in [-0.1, -0.05) is 30.3 Å². The van der Waals surface area contributed by atoms with E-state index in [0.29, 0.717) is 30.0 Å². The van der Waals surface area contributed by atoms with Crippen molar-refractivity contribution in [1.29, 1.82) is 5.26 Å². The lowest BCUT2D eigenvalue weighted by Gasteiger charge is -2.34. The highest BCUT2D eigenvalue weighted by molar-refractivity contribution is 5.90. The van der Waals surface area contributed by atoms with Crippen molar-refractivity contribution in [1.82, 2.24) is 19.2 Å². The number of rotatable bonds is 4. The summed E-state index contributed by atoms with van der Waals surface area (Å²) in [6.07, 6.45) is 0. The van der Waals surface area contributed by atoms with Crippen LogP contribution in [0, 0.1) is 18.3 Å². The molecule has 1 fully saturated rings. The molecule has 32 heavy (non-hydrogen) atoms. The molecule has 1 aromatic heterocycles. The highest BCUT2D eigenvalue weighted by Crippen LogP contribution is 2.16. The van der Waals surface area contributed by atoms with Crippen molar-refractivity contribution < 1.29 is 4.79 Å². The van der Waals surface area contributed by atoms with Gasteiger partial charge in [0.25, 0.3) is 5.56 Å². The second-order valence-electron chi connectivity index (χ2n) is 7.94. The van der Waals surface area contributed by atoms with E-state index in [1.807, 2.05) is 61.5 Å². The predicted octanol–water partition coefficient (Wildman–Crippen LogP) is 2.71. The van der Waals surface area contributed by atoms with Gasteiger partial charge in [-0.2, -0.15) is 5.26 Å². The Labute approximate surface area is 186 Å². The molecule has 2 amide bonds. The summed E-state index contributed by atoms with van der Waals surface area (Å²) in [7, 11) is 1.81. The number of urea groups is 1. The fourth-order valence-electron chi connectivity index (χ4n) is 3.95. The van der Waals surface area contributed by atoms with Crippen molar-refractivity contribution in [2.75, 3.05) is 31.5 Å². The number of nitriles is 1. The summed E-state index contributed by atoms with van der Waals surface area (Å²) in [6, 6.07) is 18.8. The van der Waals surface area contributed by atoms with Crippen molar-refractivity contribution in [2.45, 2.75) is 13.5 Å². The maximum absolute atomic E-state index is 13.0. The molecule has 0 bridgehead atoms. The van der Waals surface area contributed by atoms with Gasteiger partial charge in [-0.25, -0.2) is 9.48 Å². The molecule has 164 valence electrons. The summed E-state index contributed by atoms with van der Waals surface area (Å²) >= 11 is 0. The zero-order valence-electron chi connectivity index (χ0n) is 18.3. The van der Waals surface area contributed by atoms with Gasteiger partial charge in [0.1, 0.15) is 5.69 Å². The van der Waals surface area contributed by atoms with Crippen LogP contribution in [0.25, 0.3) is 5.69 Å². The number of benzene rings is 2. The zero-order chi connectivity index (χ0) is 22.7. The van der Waals surface area contributed by atoms with E-state index in [1.54, 1.807) is 21.3 Å². The number of nitrogens with one attached hydrogen (secondary N) is 1. The smallest absolute Gasteiger partial charge is 0.322 e. The Hall–Kier alpha value is -3.83. The Kier molecular flexibility index (Phi) is 6.10. The van der Waals surface area contributed by atoms with Crippen LogP contribution in [-0.4, -0.2) is 51.4 Å². The molecule has 1 aliphatic heterocycles. The van der Waals surface area contributed by atoms with Crippen LogP contribution in [0.4, 0.5) is 10.5 Å². The van der Waals surface area contributed by atoms with E-state index in [9.17, 15) is 9.59 Å². The van der Waals surface area contributed by atoms with Crippen LogP contribution in [-0.2, 0) is 13.6 Å². The van der Waals surface area contributed by atoms with Gasteiger partial charge in [-0.05, 0) is 36.8 Å². The first-order valence-corrected chi connectivity index (χ1v) is 10.6. The monoisotopic (exact) mass is 430 g/mol. The van der Waals surface area contributed by atoms with Crippen LogP contribution >= 0.6 is 0 Å². The Morgan fingerprint density at radius 2 is 1.69 bits per heavy atom. The number of para-hydroxylation sites is 1. The predicted molar refractivity (Wildman–Crippen MR) is 123 cm³/mol. The molecule has 0 unspecified atom stereocenters. The number of carbonyl (C=O) groups is 1. The van der Waals surface area contributed by atoms with Crippen LogP contribution in [0.15, 0.2) is 59.4 Å². The molecule has 0 aliphatic carbocycles. The first-order chi connectivity index (χ1) is 15.5. The number of hydrogen-bond donors (Lipinski definition) is 1. The number of aromatic nitrogens is 2. The second-order valence-corrected chi connectivity index (χ2v) is 7.94. The third kappa shape index (κ3) is 4.29. The Balaban J connectivity index is 1.39.